The molecule has 4 rings (SSSR count). The van der Waals surface area contributed by atoms with E-state index in [9.17, 15) is 0 Å². The Labute approximate surface area is 181 Å². The van der Waals surface area contributed by atoms with E-state index in [1.54, 1.807) is 18.5 Å². The van der Waals surface area contributed by atoms with E-state index in [1.165, 1.54) is 12.8 Å². The molecule has 4 radical (unpaired) electrons. The number of rotatable bonds is 6. The fourth-order valence-electron chi connectivity index (χ4n) is 5.04. The summed E-state index contributed by atoms with van der Waals surface area (Å²) in [5.74, 6) is 0. The summed E-state index contributed by atoms with van der Waals surface area (Å²) in [7, 11) is 12.7. The molecular weight excluding hydrogens is 379 g/mol. The second-order valence-corrected chi connectivity index (χ2v) is 9.03. The maximum atomic E-state index is 6.35. The molecule has 4 nitrogen and oxygen atoms in total. The van der Waals surface area contributed by atoms with Crippen LogP contribution in [-0.2, 0) is 15.5 Å². The van der Waals surface area contributed by atoms with Crippen LogP contribution in [0.15, 0.2) is 42.9 Å². The zero-order chi connectivity index (χ0) is 20.4. The standard InChI is InChI=1S/C22H26B2ClN3O/c23-22(24,17-13-18(25)15-26-14-17)28-11-8-20(19-5-1-4-10-27-19)9-12-29-21(16-20)6-2-3-7-21/h1,4-5,10,13-15,28H,2-3,6-9,11-12,16H2/t20-/m1/s1. The Morgan fingerprint density at radius 3 is 2.72 bits per heavy atom. The molecule has 0 unspecified atom stereocenters. The molecule has 1 aliphatic heterocycles. The number of hydrogen-bond acceptors (Lipinski definition) is 4. The van der Waals surface area contributed by atoms with Crippen molar-refractivity contribution in [2.24, 2.45) is 0 Å². The Bertz CT molecular complexity index is 830. The molecule has 2 aromatic rings. The number of aromatic nitrogens is 2. The predicted molar refractivity (Wildman–Crippen MR) is 117 cm³/mol. The number of nitrogens with one attached hydrogen (secondary N) is 1. The third-order valence-electron chi connectivity index (χ3n) is 6.58. The summed E-state index contributed by atoms with van der Waals surface area (Å²) in [6.45, 7) is 1.43. The third-order valence-corrected chi connectivity index (χ3v) is 6.78. The molecule has 1 spiro atoms. The average molecular weight is 406 g/mol. The second kappa shape index (κ2) is 8.41. The van der Waals surface area contributed by atoms with Crippen molar-refractivity contribution in [1.82, 2.24) is 15.3 Å². The van der Waals surface area contributed by atoms with E-state index >= 15 is 0 Å². The highest BCUT2D eigenvalue weighted by atomic mass is 35.5. The second-order valence-electron chi connectivity index (χ2n) is 8.60. The molecule has 3 heterocycles. The highest BCUT2D eigenvalue weighted by molar-refractivity contribution is 6.40. The van der Waals surface area contributed by atoms with Crippen molar-refractivity contribution >= 4 is 27.3 Å². The van der Waals surface area contributed by atoms with Gasteiger partial charge in [-0.3, -0.25) is 9.97 Å². The van der Waals surface area contributed by atoms with E-state index in [-0.39, 0.29) is 11.0 Å². The predicted octanol–water partition coefficient (Wildman–Crippen LogP) is 3.62. The lowest BCUT2D eigenvalue weighted by atomic mass is 9.58. The molecule has 2 aliphatic rings. The summed E-state index contributed by atoms with van der Waals surface area (Å²) < 4.78 is 6.31. The van der Waals surface area contributed by atoms with Gasteiger partial charge in [0.2, 0.25) is 0 Å². The molecule has 1 aliphatic carbocycles. The summed E-state index contributed by atoms with van der Waals surface area (Å²) in [6, 6.07) is 7.93. The molecule has 7 heteroatoms. The quantitative estimate of drug-likeness (QED) is 0.746. The molecule has 1 saturated carbocycles. The SMILES string of the molecule is [B]C([B])(NCC[C@@]1(c2ccccn2)CCOC2(CCCC2)C1)c1cncc(Cl)c1. The van der Waals surface area contributed by atoms with Gasteiger partial charge in [0, 0.05) is 36.3 Å². The van der Waals surface area contributed by atoms with E-state index in [1.807, 2.05) is 12.3 Å². The summed E-state index contributed by atoms with van der Waals surface area (Å²) in [4.78, 5) is 8.84. The summed E-state index contributed by atoms with van der Waals surface area (Å²) >= 11 is 6.05. The van der Waals surface area contributed by atoms with Gasteiger partial charge in [0.05, 0.1) is 26.3 Å². The number of hydrogen-bond donors (Lipinski definition) is 1. The van der Waals surface area contributed by atoms with E-state index in [4.69, 9.17) is 37.0 Å². The smallest absolute Gasteiger partial charge is 0.0884 e. The van der Waals surface area contributed by atoms with Gasteiger partial charge in [-0.2, -0.15) is 0 Å². The molecular formula is C22H26B2ClN3O. The van der Waals surface area contributed by atoms with Gasteiger partial charge in [0.1, 0.15) is 0 Å². The van der Waals surface area contributed by atoms with Crippen LogP contribution in [0.3, 0.4) is 0 Å². The Kier molecular flexibility index (Phi) is 6.06. The summed E-state index contributed by atoms with van der Waals surface area (Å²) in [6.07, 6.45) is 12.7. The number of pyridine rings is 2. The summed E-state index contributed by atoms with van der Waals surface area (Å²) in [5.41, 5.74) is 1.76. The van der Waals surface area contributed by atoms with Crippen LogP contribution in [0.5, 0.6) is 0 Å². The Hall–Kier alpha value is -1.36. The Morgan fingerprint density at radius 2 is 2.00 bits per heavy atom. The van der Waals surface area contributed by atoms with E-state index in [0.29, 0.717) is 17.1 Å². The lowest BCUT2D eigenvalue weighted by Crippen LogP contribution is -2.50. The molecule has 2 fully saturated rings. The molecule has 2 aromatic heterocycles. The maximum absolute atomic E-state index is 6.35. The van der Waals surface area contributed by atoms with Gasteiger partial charge in [-0.05, 0) is 67.7 Å². The van der Waals surface area contributed by atoms with Crippen LogP contribution in [0, 0.1) is 0 Å². The van der Waals surface area contributed by atoms with Crippen LogP contribution in [0.1, 0.15) is 56.2 Å². The van der Waals surface area contributed by atoms with E-state index in [2.05, 4.69) is 22.4 Å². The fourth-order valence-corrected chi connectivity index (χ4v) is 5.22. The van der Waals surface area contributed by atoms with E-state index < -0.39 is 5.34 Å². The van der Waals surface area contributed by atoms with Crippen molar-refractivity contribution in [3.8, 4) is 0 Å². The molecule has 0 aromatic carbocycles. The zero-order valence-corrected chi connectivity index (χ0v) is 17.5. The monoisotopic (exact) mass is 405 g/mol. The largest absolute Gasteiger partial charge is 0.375 e. The van der Waals surface area contributed by atoms with Crippen molar-refractivity contribution in [2.45, 2.75) is 61.3 Å². The molecule has 148 valence electrons. The molecule has 0 amide bonds. The van der Waals surface area contributed by atoms with Crippen molar-refractivity contribution < 1.29 is 4.74 Å². The third kappa shape index (κ3) is 4.55. The van der Waals surface area contributed by atoms with Crippen LogP contribution in [0.25, 0.3) is 0 Å². The highest BCUT2D eigenvalue weighted by Crippen LogP contribution is 2.49. The number of halogens is 1. The highest BCUT2D eigenvalue weighted by Gasteiger charge is 2.48. The molecule has 1 saturated heterocycles. The Balaban J connectivity index is 1.52. The van der Waals surface area contributed by atoms with Crippen LogP contribution in [-0.4, -0.2) is 44.4 Å². The molecule has 1 atom stereocenters. The van der Waals surface area contributed by atoms with Crippen molar-refractivity contribution in [2.75, 3.05) is 13.2 Å². The van der Waals surface area contributed by atoms with Crippen molar-refractivity contribution in [3.63, 3.8) is 0 Å². The van der Waals surface area contributed by atoms with Gasteiger partial charge in [0.15, 0.2) is 0 Å². The van der Waals surface area contributed by atoms with Crippen molar-refractivity contribution in [3.05, 3.63) is 59.1 Å². The lowest BCUT2D eigenvalue weighted by Gasteiger charge is -2.47. The van der Waals surface area contributed by atoms with Gasteiger partial charge >= 0.3 is 0 Å². The normalized spacial score (nSPS) is 24.0. The molecule has 1 N–H and O–H groups in total. The average Bonchev–Trinajstić information content (AvgIpc) is 3.16. The van der Waals surface area contributed by atoms with Crippen LogP contribution >= 0.6 is 11.6 Å². The minimum absolute atomic E-state index is 0.00480. The van der Waals surface area contributed by atoms with Gasteiger partial charge in [-0.15, -0.1) is 0 Å². The number of nitrogens with zero attached hydrogens (tertiary/aromatic N) is 2. The minimum Gasteiger partial charge on any atom is -0.375 e. The van der Waals surface area contributed by atoms with Crippen LogP contribution in [0.4, 0.5) is 0 Å². The van der Waals surface area contributed by atoms with E-state index in [0.717, 1.165) is 44.4 Å². The first-order valence-electron chi connectivity index (χ1n) is 10.4. The van der Waals surface area contributed by atoms with Crippen molar-refractivity contribution in [1.29, 1.82) is 0 Å². The van der Waals surface area contributed by atoms with Crippen LogP contribution in [0.2, 0.25) is 5.02 Å². The van der Waals surface area contributed by atoms with Crippen LogP contribution < -0.4 is 5.32 Å². The fraction of sp³-hybridized carbons (Fsp3) is 0.545. The van der Waals surface area contributed by atoms with Gasteiger partial charge < -0.3 is 10.1 Å². The molecule has 29 heavy (non-hydrogen) atoms. The Morgan fingerprint density at radius 1 is 1.17 bits per heavy atom. The van der Waals surface area contributed by atoms with Gasteiger partial charge in [-0.25, -0.2) is 0 Å². The van der Waals surface area contributed by atoms with Gasteiger partial charge in [0.25, 0.3) is 0 Å². The summed E-state index contributed by atoms with van der Waals surface area (Å²) in [5, 5.41) is 2.63. The number of ether oxygens (including phenoxy) is 1. The molecule has 0 bridgehead atoms. The van der Waals surface area contributed by atoms with Gasteiger partial charge in [-0.1, -0.05) is 30.5 Å². The first-order valence-corrected chi connectivity index (χ1v) is 10.8. The topological polar surface area (TPSA) is 47.0 Å². The minimum atomic E-state index is -1.20. The lowest BCUT2D eigenvalue weighted by molar-refractivity contribution is -0.104. The maximum Gasteiger partial charge on any atom is 0.0884 e. The zero-order valence-electron chi connectivity index (χ0n) is 16.7. The first kappa shape index (κ1) is 20.9. The first-order chi connectivity index (χ1) is 13.9.